The summed E-state index contributed by atoms with van der Waals surface area (Å²) >= 11 is 0. The number of rotatable bonds is 9. The summed E-state index contributed by atoms with van der Waals surface area (Å²) in [6.45, 7) is 2.34. The van der Waals surface area contributed by atoms with Crippen LogP contribution in [0.3, 0.4) is 0 Å². The second kappa shape index (κ2) is 9.91. The number of carboxylic acids is 1. The number of fused-ring (bicyclic) bond motifs is 3. The predicted molar refractivity (Wildman–Crippen MR) is 112 cm³/mol. The van der Waals surface area contributed by atoms with Gasteiger partial charge in [0.1, 0.15) is 6.61 Å². The van der Waals surface area contributed by atoms with Crippen molar-refractivity contribution in [3.8, 4) is 11.1 Å². The van der Waals surface area contributed by atoms with Crippen molar-refractivity contribution in [1.82, 2.24) is 10.6 Å². The van der Waals surface area contributed by atoms with Crippen LogP contribution < -0.4 is 10.6 Å². The van der Waals surface area contributed by atoms with Gasteiger partial charge in [-0.25, -0.2) is 4.79 Å². The molecule has 0 saturated carbocycles. The van der Waals surface area contributed by atoms with Crippen LogP contribution in [0.4, 0.5) is 4.79 Å². The van der Waals surface area contributed by atoms with Gasteiger partial charge in [0.2, 0.25) is 5.91 Å². The molecule has 158 valence electrons. The van der Waals surface area contributed by atoms with Crippen molar-refractivity contribution in [1.29, 1.82) is 0 Å². The Morgan fingerprint density at radius 3 is 2.20 bits per heavy atom. The van der Waals surface area contributed by atoms with Crippen LogP contribution in [-0.2, 0) is 14.3 Å². The maximum atomic E-state index is 12.2. The fourth-order valence-electron chi connectivity index (χ4n) is 3.60. The number of ether oxygens (including phenoxy) is 1. The molecule has 1 aliphatic carbocycles. The number of carboxylic acid groups (broad SMARTS) is 1. The molecule has 0 aliphatic heterocycles. The van der Waals surface area contributed by atoms with E-state index in [2.05, 4.69) is 34.9 Å². The van der Waals surface area contributed by atoms with Crippen molar-refractivity contribution in [2.24, 2.45) is 5.92 Å². The molecule has 0 fully saturated rings. The van der Waals surface area contributed by atoms with Gasteiger partial charge in [0.05, 0.1) is 5.92 Å². The van der Waals surface area contributed by atoms with Crippen molar-refractivity contribution in [3.63, 3.8) is 0 Å². The molecule has 2 amide bonds. The Morgan fingerprint density at radius 2 is 1.60 bits per heavy atom. The van der Waals surface area contributed by atoms with Gasteiger partial charge in [-0.15, -0.1) is 0 Å². The molecule has 3 N–H and O–H groups in total. The van der Waals surface area contributed by atoms with Gasteiger partial charge in [0, 0.05) is 25.4 Å². The molecule has 2 aromatic rings. The average molecular weight is 410 g/mol. The minimum Gasteiger partial charge on any atom is -0.481 e. The highest BCUT2D eigenvalue weighted by Gasteiger charge is 2.29. The van der Waals surface area contributed by atoms with Crippen molar-refractivity contribution in [2.45, 2.75) is 25.7 Å². The quantitative estimate of drug-likeness (QED) is 0.551. The van der Waals surface area contributed by atoms with E-state index in [0.29, 0.717) is 13.0 Å². The Labute approximate surface area is 175 Å². The fourth-order valence-corrected chi connectivity index (χ4v) is 3.60. The molecule has 0 saturated heterocycles. The molecule has 0 aromatic heterocycles. The summed E-state index contributed by atoms with van der Waals surface area (Å²) in [6, 6.07) is 16.2. The number of benzene rings is 2. The lowest BCUT2D eigenvalue weighted by molar-refractivity contribution is -0.137. The lowest BCUT2D eigenvalue weighted by Crippen LogP contribution is -2.38. The van der Waals surface area contributed by atoms with Crippen LogP contribution in [0, 0.1) is 5.92 Å². The summed E-state index contributed by atoms with van der Waals surface area (Å²) in [5.74, 6) is -1.60. The molecule has 0 heterocycles. The minimum atomic E-state index is -0.894. The van der Waals surface area contributed by atoms with Crippen molar-refractivity contribution >= 4 is 18.0 Å². The smallest absolute Gasteiger partial charge is 0.407 e. The normalized spacial score (nSPS) is 13.1. The summed E-state index contributed by atoms with van der Waals surface area (Å²) < 4.78 is 5.45. The van der Waals surface area contributed by atoms with E-state index in [1.165, 1.54) is 0 Å². The van der Waals surface area contributed by atoms with Crippen LogP contribution >= 0.6 is 0 Å². The van der Waals surface area contributed by atoms with Crippen LogP contribution in [0.15, 0.2) is 48.5 Å². The summed E-state index contributed by atoms with van der Waals surface area (Å²) in [6.07, 6.45) is -0.192. The van der Waals surface area contributed by atoms with Crippen LogP contribution in [-0.4, -0.2) is 42.8 Å². The zero-order valence-corrected chi connectivity index (χ0v) is 16.9. The molecule has 0 spiro atoms. The highest BCUT2D eigenvalue weighted by molar-refractivity contribution is 5.80. The molecule has 1 aliphatic rings. The summed E-state index contributed by atoms with van der Waals surface area (Å²) in [5.41, 5.74) is 4.60. The minimum absolute atomic E-state index is 0.00661. The van der Waals surface area contributed by atoms with Gasteiger partial charge in [-0.2, -0.15) is 0 Å². The predicted octanol–water partition coefficient (Wildman–Crippen LogP) is 3.14. The first-order valence-electron chi connectivity index (χ1n) is 10.1. The zero-order valence-electron chi connectivity index (χ0n) is 16.9. The lowest BCUT2D eigenvalue weighted by Gasteiger charge is -2.16. The Morgan fingerprint density at radius 1 is 1.00 bits per heavy atom. The first kappa shape index (κ1) is 21.4. The summed E-state index contributed by atoms with van der Waals surface area (Å²) in [7, 11) is 0. The fraction of sp³-hybridized carbons (Fsp3) is 0.348. The average Bonchev–Trinajstić information content (AvgIpc) is 3.07. The molecule has 30 heavy (non-hydrogen) atoms. The van der Waals surface area contributed by atoms with Crippen molar-refractivity contribution in [3.05, 3.63) is 59.7 Å². The van der Waals surface area contributed by atoms with E-state index in [-0.39, 0.29) is 31.4 Å². The van der Waals surface area contributed by atoms with Gasteiger partial charge in [0.25, 0.3) is 0 Å². The topological polar surface area (TPSA) is 105 Å². The van der Waals surface area contributed by atoms with E-state index in [1.54, 1.807) is 6.92 Å². The van der Waals surface area contributed by atoms with Crippen LogP contribution in [0.2, 0.25) is 0 Å². The number of nitrogens with one attached hydrogen (secondary N) is 2. The van der Waals surface area contributed by atoms with Crippen LogP contribution in [0.25, 0.3) is 11.1 Å². The third-order valence-corrected chi connectivity index (χ3v) is 5.21. The first-order valence-corrected chi connectivity index (χ1v) is 10.1. The first-order chi connectivity index (χ1) is 14.5. The van der Waals surface area contributed by atoms with Gasteiger partial charge >= 0.3 is 12.1 Å². The molecular formula is C23H26N2O5. The summed E-state index contributed by atoms with van der Waals surface area (Å²) in [5, 5.41) is 13.9. The Balaban J connectivity index is 1.46. The molecule has 2 aromatic carbocycles. The Hall–Kier alpha value is -3.35. The molecule has 3 rings (SSSR count). The van der Waals surface area contributed by atoms with Gasteiger partial charge in [0.15, 0.2) is 0 Å². The maximum absolute atomic E-state index is 12.2. The van der Waals surface area contributed by atoms with E-state index in [9.17, 15) is 14.4 Å². The monoisotopic (exact) mass is 410 g/mol. The second-order valence-electron chi connectivity index (χ2n) is 7.40. The molecule has 0 bridgehead atoms. The third kappa shape index (κ3) is 5.17. The van der Waals surface area contributed by atoms with E-state index >= 15 is 0 Å². The second-order valence-corrected chi connectivity index (χ2v) is 7.40. The number of hydrogen-bond donors (Lipinski definition) is 3. The number of carbonyl (C=O) groups is 3. The zero-order chi connectivity index (χ0) is 21.5. The highest BCUT2D eigenvalue weighted by Crippen LogP contribution is 2.44. The number of alkyl carbamates (subject to hydrolysis) is 1. The standard InChI is InChI=1S/C23H26N2O5/c1-15(22(28)24-12-6-11-21(26)27)13-25-23(29)30-14-20-18-9-4-2-7-16(18)17-8-3-5-10-19(17)20/h2-5,7-10,15,20H,6,11-14H2,1H3,(H,24,28)(H,25,29)(H,26,27). The van der Waals surface area contributed by atoms with Crippen molar-refractivity contribution < 1.29 is 24.2 Å². The summed E-state index contributed by atoms with van der Waals surface area (Å²) in [4.78, 5) is 34.6. The third-order valence-electron chi connectivity index (χ3n) is 5.21. The van der Waals surface area contributed by atoms with Crippen molar-refractivity contribution in [2.75, 3.05) is 19.7 Å². The lowest BCUT2D eigenvalue weighted by atomic mass is 9.98. The number of hydrogen-bond acceptors (Lipinski definition) is 4. The number of carbonyl (C=O) groups excluding carboxylic acids is 2. The molecule has 1 unspecified atom stereocenters. The van der Waals surface area contributed by atoms with E-state index < -0.39 is 18.0 Å². The molecule has 0 radical (unpaired) electrons. The number of amides is 2. The molecular weight excluding hydrogens is 384 g/mol. The molecule has 7 heteroatoms. The Bertz CT molecular complexity index is 882. The van der Waals surface area contributed by atoms with Gasteiger partial charge < -0.3 is 20.5 Å². The van der Waals surface area contributed by atoms with E-state index in [0.717, 1.165) is 22.3 Å². The highest BCUT2D eigenvalue weighted by atomic mass is 16.5. The van der Waals surface area contributed by atoms with Gasteiger partial charge in [-0.05, 0) is 28.7 Å². The number of aliphatic carboxylic acids is 1. The van der Waals surface area contributed by atoms with E-state index in [4.69, 9.17) is 9.84 Å². The van der Waals surface area contributed by atoms with Crippen LogP contribution in [0.5, 0.6) is 0 Å². The van der Waals surface area contributed by atoms with Gasteiger partial charge in [-0.3, -0.25) is 9.59 Å². The van der Waals surface area contributed by atoms with E-state index in [1.807, 2.05) is 24.3 Å². The SMILES string of the molecule is CC(CNC(=O)OCC1c2ccccc2-c2ccccc21)C(=O)NCCCC(=O)O. The van der Waals surface area contributed by atoms with Gasteiger partial charge in [-0.1, -0.05) is 55.5 Å². The maximum Gasteiger partial charge on any atom is 0.407 e. The Kier molecular flexibility index (Phi) is 7.06. The molecule has 1 atom stereocenters. The van der Waals surface area contributed by atoms with Crippen LogP contribution in [0.1, 0.15) is 36.8 Å². The molecule has 7 nitrogen and oxygen atoms in total. The largest absolute Gasteiger partial charge is 0.481 e.